The van der Waals surface area contributed by atoms with Crippen molar-refractivity contribution in [3.63, 3.8) is 0 Å². The molecule has 1 aromatic heterocycles. The van der Waals surface area contributed by atoms with E-state index in [1.165, 1.54) is 24.3 Å². The highest BCUT2D eigenvalue weighted by molar-refractivity contribution is 6.03. The van der Waals surface area contributed by atoms with Crippen LogP contribution in [0.4, 0.5) is 21.7 Å². The zero-order valence-corrected chi connectivity index (χ0v) is 13.9. The molecule has 0 saturated carbocycles. The van der Waals surface area contributed by atoms with E-state index in [0.717, 1.165) is 16.8 Å². The van der Waals surface area contributed by atoms with E-state index < -0.39 is 11.7 Å². The summed E-state index contributed by atoms with van der Waals surface area (Å²) in [6, 6.07) is 14.9. The van der Waals surface area contributed by atoms with E-state index in [1.54, 1.807) is 12.1 Å². The van der Waals surface area contributed by atoms with E-state index in [0.29, 0.717) is 11.6 Å². The fourth-order valence-electron chi connectivity index (χ4n) is 2.29. The van der Waals surface area contributed by atoms with Crippen molar-refractivity contribution in [1.82, 2.24) is 10.2 Å². The Bertz CT molecular complexity index is 910. The third-order valence-electron chi connectivity index (χ3n) is 3.65. The Balaban J connectivity index is 1.70. The van der Waals surface area contributed by atoms with E-state index in [9.17, 15) is 9.18 Å². The molecule has 3 aromatic rings. The highest BCUT2D eigenvalue weighted by Gasteiger charge is 2.08. The molecule has 3 rings (SSSR count). The minimum Gasteiger partial charge on any atom is -0.339 e. The lowest BCUT2D eigenvalue weighted by Gasteiger charge is -2.10. The van der Waals surface area contributed by atoms with E-state index in [2.05, 4.69) is 20.8 Å². The Labute approximate surface area is 144 Å². The van der Waals surface area contributed by atoms with Gasteiger partial charge in [0.05, 0.1) is 0 Å². The molecule has 0 spiro atoms. The Morgan fingerprint density at radius 1 is 0.960 bits per heavy atom. The summed E-state index contributed by atoms with van der Waals surface area (Å²) in [5.41, 5.74) is 3.40. The molecule has 0 fully saturated rings. The van der Waals surface area contributed by atoms with Gasteiger partial charge in [-0.15, -0.1) is 10.2 Å². The van der Waals surface area contributed by atoms with Crippen LogP contribution in [0.2, 0.25) is 0 Å². The normalized spacial score (nSPS) is 10.4. The predicted octanol–water partition coefficient (Wildman–Crippen LogP) is 4.23. The van der Waals surface area contributed by atoms with Crippen molar-refractivity contribution >= 4 is 23.2 Å². The van der Waals surface area contributed by atoms with Crippen LogP contribution in [-0.2, 0) is 0 Å². The van der Waals surface area contributed by atoms with Gasteiger partial charge in [0, 0.05) is 11.3 Å². The lowest BCUT2D eigenvalue weighted by Crippen LogP contribution is -2.13. The number of amides is 1. The second-order valence-corrected chi connectivity index (χ2v) is 5.71. The molecule has 25 heavy (non-hydrogen) atoms. The topological polar surface area (TPSA) is 66.9 Å². The zero-order chi connectivity index (χ0) is 17.8. The average Bonchev–Trinajstić information content (AvgIpc) is 2.60. The van der Waals surface area contributed by atoms with Crippen molar-refractivity contribution in [2.24, 2.45) is 0 Å². The SMILES string of the molecule is Cc1ccc(C)c(Nc2ccc(NC(=O)c3cccc(F)c3)nn2)c1. The van der Waals surface area contributed by atoms with E-state index >= 15 is 0 Å². The Morgan fingerprint density at radius 2 is 1.72 bits per heavy atom. The number of hydrogen-bond acceptors (Lipinski definition) is 4. The maximum Gasteiger partial charge on any atom is 0.256 e. The molecule has 5 nitrogen and oxygen atoms in total. The smallest absolute Gasteiger partial charge is 0.256 e. The first-order valence-electron chi connectivity index (χ1n) is 7.76. The number of nitrogens with one attached hydrogen (secondary N) is 2. The van der Waals surface area contributed by atoms with E-state index in [4.69, 9.17) is 0 Å². The number of aryl methyl sites for hydroxylation is 2. The van der Waals surface area contributed by atoms with Crippen LogP contribution in [0.3, 0.4) is 0 Å². The quantitative estimate of drug-likeness (QED) is 0.748. The molecule has 0 saturated heterocycles. The van der Waals surface area contributed by atoms with Gasteiger partial charge in [-0.05, 0) is 61.4 Å². The lowest BCUT2D eigenvalue weighted by molar-refractivity contribution is 0.102. The van der Waals surface area contributed by atoms with Crippen molar-refractivity contribution in [3.8, 4) is 0 Å². The van der Waals surface area contributed by atoms with Gasteiger partial charge in [0.25, 0.3) is 5.91 Å². The van der Waals surface area contributed by atoms with Gasteiger partial charge in [-0.25, -0.2) is 4.39 Å². The van der Waals surface area contributed by atoms with Gasteiger partial charge in [-0.2, -0.15) is 0 Å². The largest absolute Gasteiger partial charge is 0.339 e. The van der Waals surface area contributed by atoms with Crippen LogP contribution in [0.5, 0.6) is 0 Å². The first-order chi connectivity index (χ1) is 12.0. The molecule has 0 aliphatic carbocycles. The predicted molar refractivity (Wildman–Crippen MR) is 95.6 cm³/mol. The molecular weight excluding hydrogens is 319 g/mol. The van der Waals surface area contributed by atoms with Crippen LogP contribution in [0.1, 0.15) is 21.5 Å². The summed E-state index contributed by atoms with van der Waals surface area (Å²) < 4.78 is 13.2. The number of anilines is 3. The van der Waals surface area contributed by atoms with E-state index in [-0.39, 0.29) is 5.56 Å². The first kappa shape index (κ1) is 16.6. The molecule has 2 aromatic carbocycles. The number of rotatable bonds is 4. The maximum atomic E-state index is 13.2. The standard InChI is InChI=1S/C19H17FN4O/c1-12-6-7-13(2)16(10-12)21-17-8-9-18(24-23-17)22-19(25)14-4-3-5-15(20)11-14/h3-11H,1-2H3,(H,21,23)(H,22,24,25). The molecular formula is C19H17FN4O. The van der Waals surface area contributed by atoms with Crippen LogP contribution in [0.15, 0.2) is 54.6 Å². The maximum absolute atomic E-state index is 13.2. The number of nitrogens with zero attached hydrogens (tertiary/aromatic N) is 2. The third-order valence-corrected chi connectivity index (χ3v) is 3.65. The minimum absolute atomic E-state index is 0.222. The fraction of sp³-hybridized carbons (Fsp3) is 0.105. The van der Waals surface area contributed by atoms with Gasteiger partial charge in [-0.1, -0.05) is 18.2 Å². The van der Waals surface area contributed by atoms with Gasteiger partial charge in [0.15, 0.2) is 11.6 Å². The number of aromatic nitrogens is 2. The second kappa shape index (κ2) is 7.09. The number of halogens is 1. The van der Waals surface area contributed by atoms with Crippen LogP contribution in [-0.4, -0.2) is 16.1 Å². The Hall–Kier alpha value is -3.28. The number of hydrogen-bond donors (Lipinski definition) is 2. The lowest BCUT2D eigenvalue weighted by atomic mass is 10.1. The molecule has 2 N–H and O–H groups in total. The van der Waals surface area contributed by atoms with Crippen LogP contribution >= 0.6 is 0 Å². The van der Waals surface area contributed by atoms with Crippen molar-refractivity contribution in [3.05, 3.63) is 77.1 Å². The molecule has 0 aliphatic heterocycles. The summed E-state index contributed by atoms with van der Waals surface area (Å²) >= 11 is 0. The minimum atomic E-state index is -0.466. The van der Waals surface area contributed by atoms with Gasteiger partial charge in [0.2, 0.25) is 0 Å². The first-order valence-corrected chi connectivity index (χ1v) is 7.76. The molecule has 0 aliphatic rings. The van der Waals surface area contributed by atoms with Crippen molar-refractivity contribution in [2.75, 3.05) is 10.6 Å². The number of benzene rings is 2. The zero-order valence-electron chi connectivity index (χ0n) is 13.9. The summed E-state index contributed by atoms with van der Waals surface area (Å²) in [6.45, 7) is 4.02. The van der Waals surface area contributed by atoms with Gasteiger partial charge in [0.1, 0.15) is 5.82 Å². The Kier molecular flexibility index (Phi) is 4.70. The molecule has 0 bridgehead atoms. The van der Waals surface area contributed by atoms with Gasteiger partial charge in [-0.3, -0.25) is 4.79 Å². The van der Waals surface area contributed by atoms with Crippen LogP contribution in [0, 0.1) is 19.7 Å². The molecule has 1 amide bonds. The van der Waals surface area contributed by atoms with Gasteiger partial charge < -0.3 is 10.6 Å². The summed E-state index contributed by atoms with van der Waals surface area (Å²) in [5.74, 6) is -0.0472. The summed E-state index contributed by atoms with van der Waals surface area (Å²) in [4.78, 5) is 12.1. The Morgan fingerprint density at radius 3 is 2.44 bits per heavy atom. The van der Waals surface area contributed by atoms with Crippen LogP contribution < -0.4 is 10.6 Å². The average molecular weight is 336 g/mol. The fourth-order valence-corrected chi connectivity index (χ4v) is 2.29. The van der Waals surface area contributed by atoms with Crippen molar-refractivity contribution in [2.45, 2.75) is 13.8 Å². The summed E-state index contributed by atoms with van der Waals surface area (Å²) in [6.07, 6.45) is 0. The second-order valence-electron chi connectivity index (χ2n) is 5.71. The van der Waals surface area contributed by atoms with Crippen molar-refractivity contribution in [1.29, 1.82) is 0 Å². The molecule has 126 valence electrons. The molecule has 1 heterocycles. The van der Waals surface area contributed by atoms with E-state index in [1.807, 2.05) is 32.0 Å². The molecule has 0 atom stereocenters. The van der Waals surface area contributed by atoms with Gasteiger partial charge >= 0.3 is 0 Å². The van der Waals surface area contributed by atoms with Crippen molar-refractivity contribution < 1.29 is 9.18 Å². The molecule has 0 unspecified atom stereocenters. The molecule has 6 heteroatoms. The number of carbonyl (C=O) groups excluding carboxylic acids is 1. The molecule has 0 radical (unpaired) electrons. The third kappa shape index (κ3) is 4.17. The number of carbonyl (C=O) groups is 1. The summed E-state index contributed by atoms with van der Waals surface area (Å²) in [5, 5.41) is 13.8. The highest BCUT2D eigenvalue weighted by Crippen LogP contribution is 2.20. The monoisotopic (exact) mass is 336 g/mol. The highest BCUT2D eigenvalue weighted by atomic mass is 19.1. The van der Waals surface area contributed by atoms with Crippen LogP contribution in [0.25, 0.3) is 0 Å². The summed E-state index contributed by atoms with van der Waals surface area (Å²) in [7, 11) is 0.